The number of phenols is 1. The number of aryl methyl sites for hydroxylation is 2. The van der Waals surface area contributed by atoms with E-state index in [-0.39, 0.29) is 11.3 Å². The van der Waals surface area contributed by atoms with Gasteiger partial charge in [0.05, 0.1) is 17.0 Å². The molecule has 1 heterocycles. The van der Waals surface area contributed by atoms with E-state index in [0.29, 0.717) is 5.71 Å². The van der Waals surface area contributed by atoms with Crippen LogP contribution in [0.3, 0.4) is 0 Å². The van der Waals surface area contributed by atoms with E-state index in [1.807, 2.05) is 55.8 Å². The SMILES string of the molecule is CCc1ccc(O)c(C(=O)NN=C(C)c2cc3ccccc3n2C)c1. The molecule has 1 aromatic heterocycles. The first kappa shape index (κ1) is 16.8. The van der Waals surface area contributed by atoms with Crippen molar-refractivity contribution in [3.05, 3.63) is 65.4 Å². The average molecular weight is 335 g/mol. The van der Waals surface area contributed by atoms with E-state index in [1.54, 1.807) is 12.1 Å². The predicted molar refractivity (Wildman–Crippen MR) is 100 cm³/mol. The maximum atomic E-state index is 12.3. The first-order valence-electron chi connectivity index (χ1n) is 8.22. The number of fused-ring (bicyclic) bond motifs is 1. The third-order valence-corrected chi connectivity index (χ3v) is 4.36. The van der Waals surface area contributed by atoms with Gasteiger partial charge in [0.25, 0.3) is 5.91 Å². The van der Waals surface area contributed by atoms with Gasteiger partial charge in [0, 0.05) is 18.0 Å². The third kappa shape index (κ3) is 3.26. The fourth-order valence-electron chi connectivity index (χ4n) is 2.87. The number of hydrogen-bond acceptors (Lipinski definition) is 3. The molecule has 2 aromatic carbocycles. The number of rotatable bonds is 4. The van der Waals surface area contributed by atoms with E-state index in [4.69, 9.17) is 0 Å². The van der Waals surface area contributed by atoms with Crippen LogP contribution in [0.2, 0.25) is 0 Å². The fourth-order valence-corrected chi connectivity index (χ4v) is 2.87. The summed E-state index contributed by atoms with van der Waals surface area (Å²) in [5.41, 5.74) is 6.47. The molecule has 5 nitrogen and oxygen atoms in total. The number of nitrogens with one attached hydrogen (secondary N) is 1. The molecule has 0 radical (unpaired) electrons. The number of nitrogens with zero attached hydrogens (tertiary/aromatic N) is 2. The minimum absolute atomic E-state index is 0.0489. The number of benzene rings is 2. The molecule has 3 rings (SSSR count). The number of aromatic nitrogens is 1. The first-order chi connectivity index (χ1) is 12.0. The fraction of sp³-hybridized carbons (Fsp3) is 0.200. The van der Waals surface area contributed by atoms with Crippen molar-refractivity contribution in [2.45, 2.75) is 20.3 Å². The molecule has 0 aliphatic rings. The second kappa shape index (κ2) is 6.81. The standard InChI is InChI=1S/C20H21N3O2/c1-4-14-9-10-19(24)16(11-14)20(25)22-21-13(2)18-12-15-7-5-6-8-17(15)23(18)3/h5-12,24H,4H2,1-3H3,(H,22,25). The predicted octanol–water partition coefficient (Wildman–Crippen LogP) is 3.60. The number of carbonyl (C=O) groups is 1. The summed E-state index contributed by atoms with van der Waals surface area (Å²) in [5.74, 6) is -0.474. The van der Waals surface area contributed by atoms with Gasteiger partial charge in [0.15, 0.2) is 0 Å². The van der Waals surface area contributed by atoms with E-state index in [2.05, 4.69) is 10.5 Å². The van der Waals surface area contributed by atoms with Crippen LogP contribution in [0.15, 0.2) is 53.6 Å². The van der Waals surface area contributed by atoms with Gasteiger partial charge in [-0.2, -0.15) is 5.10 Å². The Morgan fingerprint density at radius 3 is 2.68 bits per heavy atom. The Kier molecular flexibility index (Phi) is 4.57. The normalized spacial score (nSPS) is 11.7. The highest BCUT2D eigenvalue weighted by Gasteiger charge is 2.12. The Labute approximate surface area is 146 Å². The minimum atomic E-state index is -0.425. The van der Waals surface area contributed by atoms with Gasteiger partial charge in [-0.15, -0.1) is 0 Å². The lowest BCUT2D eigenvalue weighted by molar-refractivity contribution is 0.0952. The highest BCUT2D eigenvalue weighted by Crippen LogP contribution is 2.20. The Hall–Kier alpha value is -3.08. The van der Waals surface area contributed by atoms with Crippen LogP contribution in [-0.2, 0) is 13.5 Å². The van der Waals surface area contributed by atoms with Crippen molar-refractivity contribution in [2.75, 3.05) is 0 Å². The first-order valence-corrected chi connectivity index (χ1v) is 8.22. The van der Waals surface area contributed by atoms with Crippen molar-refractivity contribution in [3.63, 3.8) is 0 Å². The smallest absolute Gasteiger partial charge is 0.275 e. The van der Waals surface area contributed by atoms with Gasteiger partial charge in [0.2, 0.25) is 0 Å². The molecule has 0 fully saturated rings. The summed E-state index contributed by atoms with van der Waals surface area (Å²) in [6, 6.07) is 15.1. The van der Waals surface area contributed by atoms with Gasteiger partial charge < -0.3 is 9.67 Å². The number of hydrogen-bond donors (Lipinski definition) is 2. The maximum Gasteiger partial charge on any atom is 0.275 e. The number of hydrazone groups is 1. The molecule has 0 saturated carbocycles. The van der Waals surface area contributed by atoms with Crippen molar-refractivity contribution in [2.24, 2.45) is 12.1 Å². The van der Waals surface area contributed by atoms with Crippen LogP contribution in [0, 0.1) is 0 Å². The third-order valence-electron chi connectivity index (χ3n) is 4.36. The van der Waals surface area contributed by atoms with E-state index >= 15 is 0 Å². The molecule has 0 aliphatic carbocycles. The maximum absolute atomic E-state index is 12.3. The zero-order valence-electron chi connectivity index (χ0n) is 14.6. The summed E-state index contributed by atoms with van der Waals surface area (Å²) in [6.45, 7) is 3.84. The van der Waals surface area contributed by atoms with Gasteiger partial charge >= 0.3 is 0 Å². The number of carbonyl (C=O) groups excluding carboxylic acids is 1. The molecule has 0 saturated heterocycles. The summed E-state index contributed by atoms with van der Waals surface area (Å²) in [6.07, 6.45) is 0.790. The Balaban J connectivity index is 1.85. The average Bonchev–Trinajstić information content (AvgIpc) is 2.97. The van der Waals surface area contributed by atoms with Crippen LogP contribution in [0.1, 0.15) is 35.5 Å². The Morgan fingerprint density at radius 2 is 1.96 bits per heavy atom. The van der Waals surface area contributed by atoms with Crippen LogP contribution < -0.4 is 5.43 Å². The van der Waals surface area contributed by atoms with Crippen LogP contribution in [0.5, 0.6) is 5.75 Å². The second-order valence-corrected chi connectivity index (χ2v) is 5.99. The molecule has 25 heavy (non-hydrogen) atoms. The molecular weight excluding hydrogens is 314 g/mol. The van der Waals surface area contributed by atoms with Gasteiger partial charge in [-0.3, -0.25) is 4.79 Å². The molecule has 0 aliphatic heterocycles. The quantitative estimate of drug-likeness (QED) is 0.565. The highest BCUT2D eigenvalue weighted by atomic mass is 16.3. The molecule has 0 unspecified atom stereocenters. The highest BCUT2D eigenvalue weighted by molar-refractivity contribution is 6.03. The van der Waals surface area contributed by atoms with Crippen LogP contribution >= 0.6 is 0 Å². The van der Waals surface area contributed by atoms with Gasteiger partial charge in [-0.05, 0) is 43.2 Å². The van der Waals surface area contributed by atoms with Gasteiger partial charge in [0.1, 0.15) is 5.75 Å². The summed E-state index contributed by atoms with van der Waals surface area (Å²) < 4.78 is 2.04. The number of aromatic hydroxyl groups is 1. The zero-order chi connectivity index (χ0) is 18.0. The van der Waals surface area contributed by atoms with Crippen LogP contribution in [0.25, 0.3) is 10.9 Å². The molecule has 0 atom stereocenters. The molecule has 128 valence electrons. The van der Waals surface area contributed by atoms with Crippen molar-refractivity contribution < 1.29 is 9.90 Å². The summed E-state index contributed by atoms with van der Waals surface area (Å²) in [4.78, 5) is 12.3. The van der Waals surface area contributed by atoms with Crippen molar-refractivity contribution >= 4 is 22.5 Å². The monoisotopic (exact) mass is 335 g/mol. The minimum Gasteiger partial charge on any atom is -0.507 e. The number of amides is 1. The molecule has 0 spiro atoms. The van der Waals surface area contributed by atoms with E-state index in [0.717, 1.165) is 28.6 Å². The van der Waals surface area contributed by atoms with Crippen molar-refractivity contribution in [1.29, 1.82) is 0 Å². The van der Waals surface area contributed by atoms with E-state index in [1.165, 1.54) is 6.07 Å². The van der Waals surface area contributed by atoms with Crippen molar-refractivity contribution in [1.82, 2.24) is 9.99 Å². The van der Waals surface area contributed by atoms with Crippen LogP contribution in [-0.4, -0.2) is 21.3 Å². The lowest BCUT2D eigenvalue weighted by Crippen LogP contribution is -2.20. The Morgan fingerprint density at radius 1 is 1.20 bits per heavy atom. The van der Waals surface area contributed by atoms with Crippen LogP contribution in [0.4, 0.5) is 0 Å². The second-order valence-electron chi connectivity index (χ2n) is 5.99. The number of para-hydroxylation sites is 1. The molecule has 0 bridgehead atoms. The van der Waals surface area contributed by atoms with E-state index < -0.39 is 5.91 Å². The molecule has 2 N–H and O–H groups in total. The Bertz CT molecular complexity index is 970. The van der Waals surface area contributed by atoms with Gasteiger partial charge in [-0.25, -0.2) is 5.43 Å². The number of phenolic OH excluding ortho intramolecular Hbond substituents is 1. The lowest BCUT2D eigenvalue weighted by atomic mass is 10.1. The largest absolute Gasteiger partial charge is 0.507 e. The zero-order valence-corrected chi connectivity index (χ0v) is 14.6. The molecular formula is C20H21N3O2. The van der Waals surface area contributed by atoms with Crippen molar-refractivity contribution in [3.8, 4) is 5.75 Å². The van der Waals surface area contributed by atoms with Gasteiger partial charge in [-0.1, -0.05) is 31.2 Å². The topological polar surface area (TPSA) is 66.6 Å². The summed E-state index contributed by atoms with van der Waals surface area (Å²) in [5, 5.41) is 15.2. The molecule has 5 heteroatoms. The summed E-state index contributed by atoms with van der Waals surface area (Å²) >= 11 is 0. The van der Waals surface area contributed by atoms with E-state index in [9.17, 15) is 9.90 Å². The lowest BCUT2D eigenvalue weighted by Gasteiger charge is -2.07. The molecule has 3 aromatic rings. The molecule has 1 amide bonds. The summed E-state index contributed by atoms with van der Waals surface area (Å²) in [7, 11) is 1.97.